The lowest BCUT2D eigenvalue weighted by Crippen LogP contribution is -2.07. The van der Waals surface area contributed by atoms with Crippen LogP contribution >= 0.6 is 0 Å². The smallest absolute Gasteiger partial charge is 0.161 e. The van der Waals surface area contributed by atoms with Crippen molar-refractivity contribution in [2.45, 2.75) is 24.7 Å². The average Bonchev–Trinajstić information content (AvgIpc) is 3.00. The number of hydrogen-bond acceptors (Lipinski definition) is 4. The van der Waals surface area contributed by atoms with Crippen LogP contribution in [0.4, 0.5) is 0 Å². The Labute approximate surface area is 86.8 Å². The van der Waals surface area contributed by atoms with Crippen molar-refractivity contribution in [1.82, 2.24) is 0 Å². The first kappa shape index (κ1) is 10.6. The largest absolute Gasteiger partial charge is 0.421 e. The van der Waals surface area contributed by atoms with Gasteiger partial charge in [-0.3, -0.25) is 0 Å². The van der Waals surface area contributed by atoms with Gasteiger partial charge in [-0.2, -0.15) is 0 Å². The summed E-state index contributed by atoms with van der Waals surface area (Å²) in [7, 11) is -0.314. The van der Waals surface area contributed by atoms with Gasteiger partial charge in [-0.05, 0) is 12.5 Å². The molecule has 82 valence electrons. The Balaban J connectivity index is 1.25. The van der Waals surface area contributed by atoms with Crippen LogP contribution in [0.15, 0.2) is 0 Å². The fourth-order valence-corrected chi connectivity index (χ4v) is 2.21. The Morgan fingerprint density at radius 2 is 1.86 bits per heavy atom. The van der Waals surface area contributed by atoms with Crippen molar-refractivity contribution in [2.24, 2.45) is 0 Å². The van der Waals surface area contributed by atoms with Gasteiger partial charge in [-0.15, -0.1) is 0 Å². The Morgan fingerprint density at radius 1 is 1.14 bits per heavy atom. The molecule has 2 aliphatic heterocycles. The molecule has 0 aliphatic carbocycles. The molecule has 0 amide bonds. The molecule has 2 aliphatic rings. The van der Waals surface area contributed by atoms with Gasteiger partial charge in [0, 0.05) is 6.61 Å². The average molecular weight is 218 g/mol. The molecule has 4 nitrogen and oxygen atoms in total. The Hall–Kier alpha value is 0.0569. The molecule has 0 N–H and O–H groups in total. The maximum Gasteiger partial charge on any atom is 0.161 e. The highest BCUT2D eigenvalue weighted by atomic mass is 28.2. The van der Waals surface area contributed by atoms with Crippen LogP contribution in [-0.2, 0) is 18.6 Å². The minimum absolute atomic E-state index is 0.314. The van der Waals surface area contributed by atoms with Crippen LogP contribution in [0.5, 0.6) is 0 Å². The van der Waals surface area contributed by atoms with Gasteiger partial charge < -0.3 is 18.6 Å². The minimum Gasteiger partial charge on any atom is -0.421 e. The summed E-state index contributed by atoms with van der Waals surface area (Å²) in [6.07, 6.45) is 1.95. The van der Waals surface area contributed by atoms with E-state index in [9.17, 15) is 0 Å². The van der Waals surface area contributed by atoms with Crippen molar-refractivity contribution in [3.63, 3.8) is 0 Å². The van der Waals surface area contributed by atoms with Gasteiger partial charge in [0.05, 0.1) is 26.4 Å². The van der Waals surface area contributed by atoms with E-state index >= 15 is 0 Å². The van der Waals surface area contributed by atoms with Crippen LogP contribution in [0, 0.1) is 0 Å². The zero-order chi connectivity index (χ0) is 9.64. The highest BCUT2D eigenvalue weighted by Gasteiger charge is 2.22. The lowest BCUT2D eigenvalue weighted by Gasteiger charge is -2.02. The summed E-state index contributed by atoms with van der Waals surface area (Å²) < 4.78 is 21.0. The van der Waals surface area contributed by atoms with Crippen molar-refractivity contribution < 1.29 is 18.6 Å². The third-order valence-electron chi connectivity index (χ3n) is 2.24. The Kier molecular flexibility index (Phi) is 4.40. The lowest BCUT2D eigenvalue weighted by molar-refractivity contribution is 0.116. The van der Waals surface area contributed by atoms with Crippen LogP contribution in [0.3, 0.4) is 0 Å². The normalized spacial score (nSPS) is 30.0. The van der Waals surface area contributed by atoms with Crippen molar-refractivity contribution in [1.29, 1.82) is 0 Å². The van der Waals surface area contributed by atoms with Crippen LogP contribution in [0.2, 0.25) is 6.04 Å². The first-order chi connectivity index (χ1) is 6.95. The number of hydrogen-bond donors (Lipinski definition) is 0. The zero-order valence-electron chi connectivity index (χ0n) is 8.44. The molecule has 0 aromatic heterocycles. The summed E-state index contributed by atoms with van der Waals surface area (Å²) in [5.74, 6) is 0. The topological polar surface area (TPSA) is 43.5 Å². The summed E-state index contributed by atoms with van der Waals surface area (Å²) in [6.45, 7) is 4.25. The molecule has 0 spiro atoms. The highest BCUT2D eigenvalue weighted by Crippen LogP contribution is 2.09. The van der Waals surface area contributed by atoms with E-state index in [1.807, 2.05) is 0 Å². The van der Waals surface area contributed by atoms with E-state index in [4.69, 9.17) is 18.6 Å². The van der Waals surface area contributed by atoms with Gasteiger partial charge in [0.25, 0.3) is 0 Å². The highest BCUT2D eigenvalue weighted by molar-refractivity contribution is 6.26. The SMILES string of the molecule is C(COCC1CO1)C[SiH2]OCC1CO1. The quantitative estimate of drug-likeness (QED) is 0.303. The summed E-state index contributed by atoms with van der Waals surface area (Å²) in [4.78, 5) is 0. The van der Waals surface area contributed by atoms with Gasteiger partial charge in [-0.25, -0.2) is 0 Å². The van der Waals surface area contributed by atoms with Gasteiger partial charge >= 0.3 is 0 Å². The number of ether oxygens (including phenoxy) is 3. The number of rotatable bonds is 9. The van der Waals surface area contributed by atoms with Crippen molar-refractivity contribution in [3.05, 3.63) is 0 Å². The number of epoxide rings is 2. The maximum atomic E-state index is 5.53. The van der Waals surface area contributed by atoms with Crippen LogP contribution in [-0.4, -0.2) is 55.0 Å². The molecule has 2 fully saturated rings. The maximum absolute atomic E-state index is 5.53. The van der Waals surface area contributed by atoms with Gasteiger partial charge in [0.1, 0.15) is 12.2 Å². The molecule has 0 bridgehead atoms. The standard InChI is InChI=1S/C9H18O4Si/c1(2-10-4-8-5-11-8)3-14-13-7-9-6-12-9/h8-9H,1-7,14H2. The van der Waals surface area contributed by atoms with Crippen molar-refractivity contribution in [3.8, 4) is 0 Å². The van der Waals surface area contributed by atoms with E-state index in [0.29, 0.717) is 12.2 Å². The second kappa shape index (κ2) is 5.82. The molecule has 2 heterocycles. The third kappa shape index (κ3) is 5.07. The molecule has 14 heavy (non-hydrogen) atoms. The fraction of sp³-hybridized carbons (Fsp3) is 1.00. The predicted molar refractivity (Wildman–Crippen MR) is 54.2 cm³/mol. The van der Waals surface area contributed by atoms with E-state index in [2.05, 4.69) is 0 Å². The molecule has 2 saturated heterocycles. The van der Waals surface area contributed by atoms with Gasteiger partial charge in [-0.1, -0.05) is 0 Å². The second-order valence-electron chi connectivity index (χ2n) is 3.77. The fourth-order valence-electron chi connectivity index (χ4n) is 1.17. The second-order valence-corrected chi connectivity index (χ2v) is 5.29. The van der Waals surface area contributed by atoms with Crippen LogP contribution < -0.4 is 0 Å². The van der Waals surface area contributed by atoms with E-state index in [0.717, 1.165) is 39.5 Å². The third-order valence-corrected chi connectivity index (χ3v) is 3.55. The Morgan fingerprint density at radius 3 is 2.57 bits per heavy atom. The molecular formula is C9H18O4Si. The Bertz CT molecular complexity index is 141. The summed E-state index contributed by atoms with van der Waals surface area (Å²) in [5, 5.41) is 0. The van der Waals surface area contributed by atoms with Crippen LogP contribution in [0.25, 0.3) is 0 Å². The van der Waals surface area contributed by atoms with Crippen molar-refractivity contribution >= 4 is 9.76 Å². The molecule has 0 saturated carbocycles. The van der Waals surface area contributed by atoms with E-state index in [1.54, 1.807) is 0 Å². The molecule has 5 heteroatoms. The molecule has 2 unspecified atom stereocenters. The zero-order valence-corrected chi connectivity index (χ0v) is 9.86. The predicted octanol–water partition coefficient (Wildman–Crippen LogP) is -0.291. The van der Waals surface area contributed by atoms with Gasteiger partial charge in [0.15, 0.2) is 9.76 Å². The summed E-state index contributed by atoms with van der Waals surface area (Å²) in [5.41, 5.74) is 0. The summed E-state index contributed by atoms with van der Waals surface area (Å²) >= 11 is 0. The van der Waals surface area contributed by atoms with Crippen molar-refractivity contribution in [2.75, 3.05) is 33.0 Å². The monoisotopic (exact) mass is 218 g/mol. The molecule has 2 rings (SSSR count). The first-order valence-electron chi connectivity index (χ1n) is 5.34. The molecule has 2 atom stereocenters. The van der Waals surface area contributed by atoms with Gasteiger partial charge in [0.2, 0.25) is 0 Å². The molecule has 0 radical (unpaired) electrons. The van der Waals surface area contributed by atoms with Crippen LogP contribution in [0.1, 0.15) is 6.42 Å². The van der Waals surface area contributed by atoms with E-state index in [1.165, 1.54) is 6.04 Å². The lowest BCUT2D eigenvalue weighted by atomic mass is 10.5. The first-order valence-corrected chi connectivity index (χ1v) is 6.91. The molecule has 0 aromatic rings. The minimum atomic E-state index is -0.314. The molecular weight excluding hydrogens is 200 g/mol. The molecule has 0 aromatic carbocycles. The van der Waals surface area contributed by atoms with E-state index < -0.39 is 0 Å². The van der Waals surface area contributed by atoms with E-state index in [-0.39, 0.29) is 9.76 Å². The summed E-state index contributed by atoms with van der Waals surface area (Å²) in [6, 6.07) is 1.21.